The van der Waals surface area contributed by atoms with Crippen LogP contribution in [0.4, 0.5) is 22.2 Å². The average Bonchev–Trinajstić information content (AvgIpc) is 3.40. The van der Waals surface area contributed by atoms with Gasteiger partial charge in [0.2, 0.25) is 5.95 Å². The molecular weight excluding hydrogens is 488 g/mol. The standard InChI is InChI=1S/C23H27N6O4S2/c1-2-33-23(30)28-35(31)18-7-5-17(6-8-18)26-22-25-16-19(20-4-3-15-34-20)21(27-22)24-9-10-29-11-13-32-14-12-29/h3-8,15-16H,2,9-14H2,1H3,(H2,24,25,26,27)/q-1. The zero-order valence-corrected chi connectivity index (χ0v) is 20.9. The quantitative estimate of drug-likeness (QED) is 0.401. The Kier molecular flexibility index (Phi) is 9.01. The van der Waals surface area contributed by atoms with Crippen molar-refractivity contribution in [3.05, 3.63) is 48.0 Å². The number of rotatable bonds is 9. The van der Waals surface area contributed by atoms with Gasteiger partial charge in [-0.2, -0.15) is 4.98 Å². The SMILES string of the molecule is CCOC(=O)N=[S-](=O)c1ccc(Nc2ncc(-c3cccs3)c(NCCN3CCOCC3)n2)cc1. The van der Waals surface area contributed by atoms with Gasteiger partial charge in [0, 0.05) is 42.9 Å². The lowest BCUT2D eigenvalue weighted by Gasteiger charge is -2.26. The molecule has 186 valence electrons. The molecule has 0 bridgehead atoms. The summed E-state index contributed by atoms with van der Waals surface area (Å²) in [6, 6.07) is 10.8. The number of thiophene rings is 1. The van der Waals surface area contributed by atoms with Crippen LogP contribution >= 0.6 is 11.3 Å². The summed E-state index contributed by atoms with van der Waals surface area (Å²) in [6.45, 7) is 6.90. The number of carbonyl (C=O) groups is 1. The van der Waals surface area contributed by atoms with Gasteiger partial charge in [-0.05, 0) is 30.5 Å². The molecule has 3 heterocycles. The molecule has 0 spiro atoms. The fraction of sp³-hybridized carbons (Fsp3) is 0.348. The molecule has 4 rings (SSSR count). The number of carbonyl (C=O) groups excluding carboxylic acids is 1. The molecule has 35 heavy (non-hydrogen) atoms. The summed E-state index contributed by atoms with van der Waals surface area (Å²) < 4.78 is 25.8. The van der Waals surface area contributed by atoms with Crippen molar-refractivity contribution in [2.45, 2.75) is 11.8 Å². The van der Waals surface area contributed by atoms with Crippen LogP contribution in [0.5, 0.6) is 0 Å². The van der Waals surface area contributed by atoms with E-state index in [2.05, 4.69) is 24.9 Å². The Morgan fingerprint density at radius 2 is 2.06 bits per heavy atom. The largest absolute Gasteiger partial charge is 0.450 e. The molecule has 0 unspecified atom stereocenters. The molecule has 1 aliphatic rings. The third-order valence-corrected chi connectivity index (χ3v) is 7.03. The van der Waals surface area contributed by atoms with Gasteiger partial charge in [0.1, 0.15) is 5.82 Å². The molecule has 0 aliphatic carbocycles. The molecule has 2 aromatic heterocycles. The van der Waals surface area contributed by atoms with E-state index in [1.54, 1.807) is 48.7 Å². The molecule has 12 heteroatoms. The lowest BCUT2D eigenvalue weighted by Crippen LogP contribution is -2.39. The fourth-order valence-electron chi connectivity index (χ4n) is 3.40. The molecule has 1 aliphatic heterocycles. The summed E-state index contributed by atoms with van der Waals surface area (Å²) >= 11 is 1.63. The van der Waals surface area contributed by atoms with E-state index in [9.17, 15) is 9.00 Å². The van der Waals surface area contributed by atoms with E-state index >= 15 is 0 Å². The molecule has 3 aromatic rings. The van der Waals surface area contributed by atoms with Gasteiger partial charge in [-0.25, -0.2) is 9.78 Å². The topological polar surface area (TPSA) is 118 Å². The third-order valence-electron chi connectivity index (χ3n) is 5.14. The van der Waals surface area contributed by atoms with Crippen molar-refractivity contribution in [1.82, 2.24) is 14.9 Å². The maximum atomic E-state index is 12.2. The van der Waals surface area contributed by atoms with E-state index in [0.717, 1.165) is 55.7 Å². The van der Waals surface area contributed by atoms with Crippen molar-refractivity contribution >= 4 is 45.5 Å². The highest BCUT2D eigenvalue weighted by molar-refractivity contribution is 7.75. The van der Waals surface area contributed by atoms with Gasteiger partial charge in [-0.15, -0.1) is 21.9 Å². The van der Waals surface area contributed by atoms with Crippen molar-refractivity contribution in [1.29, 1.82) is 0 Å². The maximum absolute atomic E-state index is 12.2. The number of amides is 1. The Morgan fingerprint density at radius 3 is 2.77 bits per heavy atom. The lowest BCUT2D eigenvalue weighted by molar-refractivity contribution is 0.0398. The molecule has 10 nitrogen and oxygen atoms in total. The molecule has 2 N–H and O–H groups in total. The first-order chi connectivity index (χ1) is 17.1. The monoisotopic (exact) mass is 515 g/mol. The minimum atomic E-state index is -1.83. The van der Waals surface area contributed by atoms with E-state index in [4.69, 9.17) is 14.5 Å². The summed E-state index contributed by atoms with van der Waals surface area (Å²) in [5.74, 6) is 1.19. The van der Waals surface area contributed by atoms with Gasteiger partial charge < -0.3 is 24.3 Å². The highest BCUT2D eigenvalue weighted by Gasteiger charge is 2.13. The fourth-order valence-corrected chi connectivity index (χ4v) is 4.80. The molecule has 1 amide bonds. The summed E-state index contributed by atoms with van der Waals surface area (Å²) in [4.78, 5) is 24.5. The first-order valence-corrected chi connectivity index (χ1v) is 13.2. The van der Waals surface area contributed by atoms with E-state index in [1.807, 2.05) is 17.5 Å². The Bertz CT molecular complexity index is 1190. The number of nitrogens with zero attached hydrogens (tertiary/aromatic N) is 4. The Labute approximate surface area is 209 Å². The van der Waals surface area contributed by atoms with Crippen LogP contribution in [0.1, 0.15) is 6.92 Å². The Morgan fingerprint density at radius 1 is 1.26 bits per heavy atom. The molecule has 1 fully saturated rings. The van der Waals surface area contributed by atoms with Crippen LogP contribution in [0.2, 0.25) is 0 Å². The maximum Gasteiger partial charge on any atom is 0.410 e. The highest BCUT2D eigenvalue weighted by atomic mass is 32.2. The van der Waals surface area contributed by atoms with Gasteiger partial charge in [0.05, 0.1) is 25.4 Å². The predicted molar refractivity (Wildman–Crippen MR) is 137 cm³/mol. The number of hydrogen-bond acceptors (Lipinski definition) is 11. The van der Waals surface area contributed by atoms with Crippen LogP contribution in [0.15, 0.2) is 57.2 Å². The number of anilines is 3. The Hall–Kier alpha value is -3.06. The minimum Gasteiger partial charge on any atom is -0.450 e. The smallest absolute Gasteiger partial charge is 0.410 e. The van der Waals surface area contributed by atoms with Crippen LogP contribution in [0.25, 0.3) is 10.4 Å². The van der Waals surface area contributed by atoms with E-state index in [1.165, 1.54) is 0 Å². The van der Waals surface area contributed by atoms with Gasteiger partial charge in [-0.1, -0.05) is 23.1 Å². The van der Waals surface area contributed by atoms with Crippen LogP contribution in [-0.4, -0.2) is 67.0 Å². The van der Waals surface area contributed by atoms with Crippen molar-refractivity contribution in [2.24, 2.45) is 4.36 Å². The predicted octanol–water partition coefficient (Wildman–Crippen LogP) is 4.36. The lowest BCUT2D eigenvalue weighted by atomic mass is 10.2. The van der Waals surface area contributed by atoms with Crippen LogP contribution in [-0.2, 0) is 24.3 Å². The second-order valence-corrected chi connectivity index (χ2v) is 9.60. The highest BCUT2D eigenvalue weighted by Crippen LogP contribution is 2.31. The van der Waals surface area contributed by atoms with Gasteiger partial charge >= 0.3 is 6.09 Å². The van der Waals surface area contributed by atoms with Crippen LogP contribution in [0.3, 0.4) is 0 Å². The zero-order valence-electron chi connectivity index (χ0n) is 19.3. The molecular formula is C23H27N6O4S2-. The number of aromatic nitrogens is 2. The molecule has 0 atom stereocenters. The summed E-state index contributed by atoms with van der Waals surface area (Å²) in [7, 11) is -1.83. The molecule has 0 radical (unpaired) electrons. The van der Waals surface area contributed by atoms with Crippen LogP contribution in [0, 0.1) is 0 Å². The Balaban J connectivity index is 1.46. The normalized spacial score (nSPS) is 15.0. The number of hydrogen-bond donors (Lipinski definition) is 2. The summed E-state index contributed by atoms with van der Waals surface area (Å²) in [5.41, 5.74) is 1.66. The molecule has 1 aromatic carbocycles. The zero-order chi connectivity index (χ0) is 24.5. The van der Waals surface area contributed by atoms with Gasteiger partial charge in [0.15, 0.2) is 0 Å². The van der Waals surface area contributed by atoms with Crippen LogP contribution < -0.4 is 10.6 Å². The first kappa shape index (κ1) is 25.0. The second-order valence-electron chi connectivity index (χ2n) is 7.50. The third kappa shape index (κ3) is 7.21. The van der Waals surface area contributed by atoms with Gasteiger partial charge in [-0.3, -0.25) is 9.26 Å². The van der Waals surface area contributed by atoms with Crippen molar-refractivity contribution in [2.75, 3.05) is 56.6 Å². The van der Waals surface area contributed by atoms with Gasteiger partial charge in [0.25, 0.3) is 0 Å². The molecule has 1 saturated heterocycles. The number of benzene rings is 1. The first-order valence-electron chi connectivity index (χ1n) is 11.2. The molecule has 0 saturated carbocycles. The number of nitrogens with one attached hydrogen (secondary N) is 2. The van der Waals surface area contributed by atoms with E-state index in [-0.39, 0.29) is 6.61 Å². The minimum absolute atomic E-state index is 0.178. The second kappa shape index (κ2) is 12.6. The van der Waals surface area contributed by atoms with E-state index in [0.29, 0.717) is 16.5 Å². The van der Waals surface area contributed by atoms with Crippen molar-refractivity contribution < 1.29 is 18.5 Å². The summed E-state index contributed by atoms with van der Waals surface area (Å²) in [5, 5.41) is 8.67. The van der Waals surface area contributed by atoms with Crippen molar-refractivity contribution in [3.63, 3.8) is 0 Å². The summed E-state index contributed by atoms with van der Waals surface area (Å²) in [6.07, 6.45) is 0.959. The number of morpholine rings is 1. The van der Waals surface area contributed by atoms with Crippen molar-refractivity contribution in [3.8, 4) is 10.4 Å². The number of ether oxygens (including phenoxy) is 2. The van der Waals surface area contributed by atoms with E-state index < -0.39 is 16.7 Å². The average molecular weight is 516 g/mol.